The molecule has 0 bridgehead atoms. The van der Waals surface area contributed by atoms with Gasteiger partial charge < -0.3 is 10.2 Å². The Bertz CT molecular complexity index is 195. The van der Waals surface area contributed by atoms with Gasteiger partial charge in [-0.05, 0) is 70.6 Å². The molecule has 0 aromatic carbocycles. The summed E-state index contributed by atoms with van der Waals surface area (Å²) in [5.74, 6) is 1.86. The van der Waals surface area contributed by atoms with Gasteiger partial charge in [0.15, 0.2) is 0 Å². The maximum atomic E-state index is 3.49. The van der Waals surface area contributed by atoms with Crippen LogP contribution in [0.5, 0.6) is 0 Å². The van der Waals surface area contributed by atoms with Gasteiger partial charge in [-0.15, -0.1) is 0 Å². The molecule has 0 spiro atoms. The summed E-state index contributed by atoms with van der Waals surface area (Å²) >= 11 is 0. The first-order chi connectivity index (χ1) is 8.63. The third kappa shape index (κ3) is 6.19. The van der Waals surface area contributed by atoms with Crippen molar-refractivity contribution in [1.29, 1.82) is 0 Å². The first-order valence-corrected chi connectivity index (χ1v) is 8.09. The lowest BCUT2D eigenvalue weighted by atomic mass is 9.87. The maximum Gasteiger partial charge on any atom is 0.00386 e. The summed E-state index contributed by atoms with van der Waals surface area (Å²) in [4.78, 5) is 2.68. The van der Waals surface area contributed by atoms with Crippen LogP contribution in [0.25, 0.3) is 0 Å². The fraction of sp³-hybridized carbons (Fsp3) is 1.00. The summed E-state index contributed by atoms with van der Waals surface area (Å²) in [7, 11) is 0. The molecular weight excluding hydrogens is 220 g/mol. The summed E-state index contributed by atoms with van der Waals surface area (Å²) in [6, 6.07) is 0.696. The van der Waals surface area contributed by atoms with Crippen LogP contribution in [0.3, 0.4) is 0 Å². The average molecular weight is 254 g/mol. The molecule has 0 saturated carbocycles. The van der Waals surface area contributed by atoms with Crippen molar-refractivity contribution >= 4 is 0 Å². The Morgan fingerprint density at radius 1 is 1.11 bits per heavy atom. The number of likely N-dealkylation sites (tertiary alicyclic amines) is 1. The number of unbranched alkanes of at least 4 members (excludes halogenated alkanes) is 1. The predicted molar refractivity (Wildman–Crippen MR) is 81.0 cm³/mol. The van der Waals surface area contributed by atoms with E-state index in [2.05, 4.69) is 37.9 Å². The molecule has 1 atom stereocenters. The maximum absolute atomic E-state index is 3.49. The van der Waals surface area contributed by atoms with Gasteiger partial charge in [-0.3, -0.25) is 0 Å². The molecule has 1 fully saturated rings. The normalized spacial score (nSPS) is 20.5. The molecule has 1 rings (SSSR count). The molecule has 1 heterocycles. The summed E-state index contributed by atoms with van der Waals surface area (Å²) in [6.45, 7) is 14.3. The van der Waals surface area contributed by atoms with Crippen LogP contribution in [-0.2, 0) is 0 Å². The van der Waals surface area contributed by atoms with Crippen LogP contribution < -0.4 is 5.32 Å². The van der Waals surface area contributed by atoms with Gasteiger partial charge in [0.2, 0.25) is 0 Å². The molecule has 1 saturated heterocycles. The SMILES string of the molecule is CCNC(C)CCCCN1CCC(C(C)C)CC1. The zero-order valence-corrected chi connectivity index (χ0v) is 13.0. The van der Waals surface area contributed by atoms with E-state index in [1.807, 2.05) is 0 Å². The molecule has 1 unspecified atom stereocenters. The lowest BCUT2D eigenvalue weighted by Crippen LogP contribution is -2.36. The Balaban J connectivity index is 2.01. The molecule has 2 heteroatoms. The van der Waals surface area contributed by atoms with Crippen LogP contribution in [0.2, 0.25) is 0 Å². The Morgan fingerprint density at radius 3 is 2.33 bits per heavy atom. The van der Waals surface area contributed by atoms with E-state index in [-0.39, 0.29) is 0 Å². The van der Waals surface area contributed by atoms with Gasteiger partial charge in [-0.2, -0.15) is 0 Å². The number of nitrogens with zero attached hydrogens (tertiary/aromatic N) is 1. The van der Waals surface area contributed by atoms with Gasteiger partial charge in [0.1, 0.15) is 0 Å². The quantitative estimate of drug-likeness (QED) is 0.667. The highest BCUT2D eigenvalue weighted by atomic mass is 15.1. The standard InChI is InChI=1S/C16H34N2/c1-5-17-15(4)8-6-7-11-18-12-9-16(10-13-18)14(2)3/h14-17H,5-13H2,1-4H3. The number of rotatable bonds is 8. The lowest BCUT2D eigenvalue weighted by molar-refractivity contribution is 0.155. The van der Waals surface area contributed by atoms with Gasteiger partial charge in [-0.25, -0.2) is 0 Å². The van der Waals surface area contributed by atoms with Gasteiger partial charge in [0.05, 0.1) is 0 Å². The van der Waals surface area contributed by atoms with Crippen molar-refractivity contribution in [3.63, 3.8) is 0 Å². The summed E-state index contributed by atoms with van der Waals surface area (Å²) in [5.41, 5.74) is 0. The van der Waals surface area contributed by atoms with Gasteiger partial charge in [0.25, 0.3) is 0 Å². The van der Waals surface area contributed by atoms with E-state index in [9.17, 15) is 0 Å². The minimum absolute atomic E-state index is 0.696. The van der Waals surface area contributed by atoms with E-state index < -0.39 is 0 Å². The highest BCUT2D eigenvalue weighted by Crippen LogP contribution is 2.24. The molecule has 0 aromatic rings. The van der Waals surface area contributed by atoms with E-state index in [1.54, 1.807) is 0 Å². The minimum atomic E-state index is 0.696. The lowest BCUT2D eigenvalue weighted by Gasteiger charge is -2.33. The highest BCUT2D eigenvalue weighted by molar-refractivity contribution is 4.74. The van der Waals surface area contributed by atoms with Crippen LogP contribution in [0, 0.1) is 11.8 Å². The second kappa shape index (κ2) is 8.92. The largest absolute Gasteiger partial charge is 0.315 e. The van der Waals surface area contributed by atoms with Crippen molar-refractivity contribution in [2.45, 2.75) is 65.8 Å². The van der Waals surface area contributed by atoms with E-state index >= 15 is 0 Å². The predicted octanol–water partition coefficient (Wildman–Crippen LogP) is 3.52. The third-order valence-electron chi connectivity index (χ3n) is 4.49. The molecule has 18 heavy (non-hydrogen) atoms. The summed E-state index contributed by atoms with van der Waals surface area (Å²) < 4.78 is 0. The summed E-state index contributed by atoms with van der Waals surface area (Å²) in [6.07, 6.45) is 6.92. The van der Waals surface area contributed by atoms with Crippen molar-refractivity contribution in [2.75, 3.05) is 26.2 Å². The average Bonchev–Trinajstić information content (AvgIpc) is 2.35. The Labute approximate surface area is 115 Å². The first kappa shape index (κ1) is 16.0. The number of nitrogens with one attached hydrogen (secondary N) is 1. The molecule has 108 valence electrons. The van der Waals surface area contributed by atoms with Crippen molar-refractivity contribution in [2.24, 2.45) is 11.8 Å². The van der Waals surface area contributed by atoms with Crippen molar-refractivity contribution in [3.8, 4) is 0 Å². The van der Waals surface area contributed by atoms with E-state index in [0.29, 0.717) is 6.04 Å². The van der Waals surface area contributed by atoms with E-state index in [1.165, 1.54) is 51.7 Å². The minimum Gasteiger partial charge on any atom is -0.315 e. The summed E-state index contributed by atoms with van der Waals surface area (Å²) in [5, 5.41) is 3.49. The van der Waals surface area contributed by atoms with E-state index in [4.69, 9.17) is 0 Å². The molecular formula is C16H34N2. The molecule has 1 N–H and O–H groups in total. The molecule has 1 aliphatic rings. The van der Waals surface area contributed by atoms with Crippen molar-refractivity contribution in [1.82, 2.24) is 10.2 Å². The van der Waals surface area contributed by atoms with Crippen molar-refractivity contribution in [3.05, 3.63) is 0 Å². The van der Waals surface area contributed by atoms with Crippen LogP contribution in [0.15, 0.2) is 0 Å². The first-order valence-electron chi connectivity index (χ1n) is 8.09. The molecule has 0 amide bonds. The molecule has 0 aromatic heterocycles. The van der Waals surface area contributed by atoms with Crippen LogP contribution in [-0.4, -0.2) is 37.1 Å². The van der Waals surface area contributed by atoms with Crippen molar-refractivity contribution < 1.29 is 0 Å². The number of hydrogen-bond donors (Lipinski definition) is 1. The molecule has 2 nitrogen and oxygen atoms in total. The fourth-order valence-corrected chi connectivity index (χ4v) is 3.08. The topological polar surface area (TPSA) is 15.3 Å². The van der Waals surface area contributed by atoms with Crippen LogP contribution in [0.1, 0.15) is 59.8 Å². The van der Waals surface area contributed by atoms with Crippen LogP contribution >= 0.6 is 0 Å². The number of hydrogen-bond acceptors (Lipinski definition) is 2. The Kier molecular flexibility index (Phi) is 7.92. The van der Waals surface area contributed by atoms with Gasteiger partial charge in [0, 0.05) is 6.04 Å². The molecule has 0 aliphatic carbocycles. The van der Waals surface area contributed by atoms with Gasteiger partial charge in [-0.1, -0.05) is 27.2 Å². The fourth-order valence-electron chi connectivity index (χ4n) is 3.08. The second-order valence-electron chi connectivity index (χ2n) is 6.38. The number of piperidine rings is 1. The smallest absolute Gasteiger partial charge is 0.00386 e. The zero-order chi connectivity index (χ0) is 13.4. The Hall–Kier alpha value is -0.0800. The Morgan fingerprint density at radius 2 is 1.78 bits per heavy atom. The van der Waals surface area contributed by atoms with Gasteiger partial charge >= 0.3 is 0 Å². The van der Waals surface area contributed by atoms with Crippen LogP contribution in [0.4, 0.5) is 0 Å². The van der Waals surface area contributed by atoms with E-state index in [0.717, 1.165) is 18.4 Å². The second-order valence-corrected chi connectivity index (χ2v) is 6.38. The monoisotopic (exact) mass is 254 g/mol. The zero-order valence-electron chi connectivity index (χ0n) is 13.0. The highest BCUT2D eigenvalue weighted by Gasteiger charge is 2.20. The molecule has 0 radical (unpaired) electrons. The molecule has 1 aliphatic heterocycles. The third-order valence-corrected chi connectivity index (χ3v) is 4.49.